The van der Waals surface area contributed by atoms with Crippen LogP contribution in [0.15, 0.2) is 30.5 Å². The van der Waals surface area contributed by atoms with E-state index in [1.807, 2.05) is 7.05 Å². The Balaban J connectivity index is 2.21. The van der Waals surface area contributed by atoms with E-state index in [2.05, 4.69) is 35.0 Å². The SMILES string of the molecule is Cn1ccc2ccc(C3(C=O)CC3)cc21. The van der Waals surface area contributed by atoms with Gasteiger partial charge in [-0.15, -0.1) is 0 Å². The largest absolute Gasteiger partial charge is 0.351 e. The highest BCUT2D eigenvalue weighted by Crippen LogP contribution is 2.46. The van der Waals surface area contributed by atoms with Crippen molar-refractivity contribution in [2.24, 2.45) is 7.05 Å². The van der Waals surface area contributed by atoms with E-state index in [0.29, 0.717) is 0 Å². The molecule has 2 nitrogen and oxygen atoms in total. The summed E-state index contributed by atoms with van der Waals surface area (Å²) in [5.74, 6) is 0. The molecule has 0 saturated heterocycles. The zero-order valence-corrected chi connectivity index (χ0v) is 8.73. The van der Waals surface area contributed by atoms with Gasteiger partial charge < -0.3 is 9.36 Å². The van der Waals surface area contributed by atoms with Gasteiger partial charge in [-0.25, -0.2) is 0 Å². The molecule has 1 aliphatic rings. The third kappa shape index (κ3) is 1.14. The molecule has 2 aromatic rings. The number of aldehydes is 1. The Morgan fingerprint density at radius 3 is 2.80 bits per heavy atom. The zero-order valence-electron chi connectivity index (χ0n) is 8.73. The number of aryl methyl sites for hydroxylation is 1. The molecule has 15 heavy (non-hydrogen) atoms. The smallest absolute Gasteiger partial charge is 0.130 e. The molecule has 0 amide bonds. The van der Waals surface area contributed by atoms with Crippen LogP contribution in [0, 0.1) is 0 Å². The van der Waals surface area contributed by atoms with Crippen molar-refractivity contribution < 1.29 is 4.79 Å². The fourth-order valence-corrected chi connectivity index (χ4v) is 2.18. The van der Waals surface area contributed by atoms with Crippen LogP contribution in [0.4, 0.5) is 0 Å². The quantitative estimate of drug-likeness (QED) is 0.681. The van der Waals surface area contributed by atoms with Crippen LogP contribution < -0.4 is 0 Å². The van der Waals surface area contributed by atoms with E-state index in [4.69, 9.17) is 0 Å². The lowest BCUT2D eigenvalue weighted by atomic mass is 9.97. The molecule has 1 aliphatic carbocycles. The summed E-state index contributed by atoms with van der Waals surface area (Å²) < 4.78 is 2.10. The van der Waals surface area contributed by atoms with Crippen LogP contribution >= 0.6 is 0 Å². The minimum absolute atomic E-state index is 0.154. The van der Waals surface area contributed by atoms with Crippen LogP contribution in [0.25, 0.3) is 10.9 Å². The summed E-state index contributed by atoms with van der Waals surface area (Å²) in [5.41, 5.74) is 2.23. The van der Waals surface area contributed by atoms with E-state index >= 15 is 0 Å². The molecule has 1 heterocycles. The number of nitrogens with zero attached hydrogens (tertiary/aromatic N) is 1. The molecule has 2 heteroatoms. The fraction of sp³-hybridized carbons (Fsp3) is 0.308. The monoisotopic (exact) mass is 199 g/mol. The van der Waals surface area contributed by atoms with Crippen LogP contribution in [-0.4, -0.2) is 10.9 Å². The molecule has 0 atom stereocenters. The number of rotatable bonds is 2. The maximum atomic E-state index is 11.0. The lowest BCUT2D eigenvalue weighted by molar-refractivity contribution is -0.109. The summed E-state index contributed by atoms with van der Waals surface area (Å²) in [5, 5.41) is 1.24. The Morgan fingerprint density at radius 2 is 2.13 bits per heavy atom. The Hall–Kier alpha value is -1.57. The molecular weight excluding hydrogens is 186 g/mol. The number of benzene rings is 1. The van der Waals surface area contributed by atoms with Crippen molar-refractivity contribution in [3.63, 3.8) is 0 Å². The first-order valence-corrected chi connectivity index (χ1v) is 5.27. The van der Waals surface area contributed by atoms with Crippen molar-refractivity contribution in [3.05, 3.63) is 36.0 Å². The van der Waals surface area contributed by atoms with E-state index in [9.17, 15) is 4.79 Å². The van der Waals surface area contributed by atoms with Crippen molar-refractivity contribution in [1.82, 2.24) is 4.57 Å². The maximum Gasteiger partial charge on any atom is 0.130 e. The summed E-state index contributed by atoms with van der Waals surface area (Å²) >= 11 is 0. The average molecular weight is 199 g/mol. The minimum atomic E-state index is -0.154. The highest BCUT2D eigenvalue weighted by Gasteiger charge is 2.44. The topological polar surface area (TPSA) is 22.0 Å². The van der Waals surface area contributed by atoms with Gasteiger partial charge in [-0.05, 0) is 35.9 Å². The number of hydrogen-bond donors (Lipinski definition) is 0. The minimum Gasteiger partial charge on any atom is -0.351 e. The second-order valence-corrected chi connectivity index (χ2v) is 4.47. The molecule has 1 aromatic heterocycles. The first-order valence-electron chi connectivity index (χ1n) is 5.27. The zero-order chi connectivity index (χ0) is 10.5. The van der Waals surface area contributed by atoms with Gasteiger partial charge in [0.05, 0.1) is 5.41 Å². The van der Waals surface area contributed by atoms with Crippen LogP contribution in [-0.2, 0) is 17.3 Å². The molecule has 1 aromatic carbocycles. The molecule has 0 spiro atoms. The summed E-state index contributed by atoms with van der Waals surface area (Å²) in [6, 6.07) is 8.44. The first kappa shape index (κ1) is 8.72. The highest BCUT2D eigenvalue weighted by atomic mass is 16.1. The van der Waals surface area contributed by atoms with Crippen LogP contribution in [0.1, 0.15) is 18.4 Å². The standard InChI is InChI=1S/C13H13NO/c1-14-7-4-10-2-3-11(8-12(10)14)13(9-15)5-6-13/h2-4,7-9H,5-6H2,1H3. The van der Waals surface area contributed by atoms with Gasteiger partial charge in [0, 0.05) is 18.8 Å². The highest BCUT2D eigenvalue weighted by molar-refractivity contribution is 5.83. The van der Waals surface area contributed by atoms with E-state index < -0.39 is 0 Å². The number of fused-ring (bicyclic) bond motifs is 1. The molecule has 0 bridgehead atoms. The van der Waals surface area contributed by atoms with Gasteiger partial charge in [-0.2, -0.15) is 0 Å². The lowest BCUT2D eigenvalue weighted by Crippen LogP contribution is -2.07. The third-order valence-electron chi connectivity index (χ3n) is 3.48. The summed E-state index contributed by atoms with van der Waals surface area (Å²) in [6.45, 7) is 0. The van der Waals surface area contributed by atoms with E-state index in [-0.39, 0.29) is 5.41 Å². The second kappa shape index (κ2) is 2.72. The molecule has 0 unspecified atom stereocenters. The number of hydrogen-bond acceptors (Lipinski definition) is 1. The van der Waals surface area contributed by atoms with Crippen molar-refractivity contribution in [3.8, 4) is 0 Å². The molecule has 0 N–H and O–H groups in total. The second-order valence-electron chi connectivity index (χ2n) is 4.47. The van der Waals surface area contributed by atoms with Gasteiger partial charge in [0.2, 0.25) is 0 Å². The number of carbonyl (C=O) groups excluding carboxylic acids is 1. The Labute approximate surface area is 88.5 Å². The lowest BCUT2D eigenvalue weighted by Gasteiger charge is -2.08. The fourth-order valence-electron chi connectivity index (χ4n) is 2.18. The van der Waals surface area contributed by atoms with Crippen molar-refractivity contribution in [1.29, 1.82) is 0 Å². The number of carbonyl (C=O) groups is 1. The third-order valence-corrected chi connectivity index (χ3v) is 3.48. The van der Waals surface area contributed by atoms with Gasteiger partial charge in [0.1, 0.15) is 6.29 Å². The molecule has 76 valence electrons. The number of aromatic nitrogens is 1. The predicted molar refractivity (Wildman–Crippen MR) is 59.9 cm³/mol. The van der Waals surface area contributed by atoms with Gasteiger partial charge in [0.15, 0.2) is 0 Å². The van der Waals surface area contributed by atoms with Crippen LogP contribution in [0.3, 0.4) is 0 Å². The van der Waals surface area contributed by atoms with Gasteiger partial charge >= 0.3 is 0 Å². The molecule has 1 fully saturated rings. The molecule has 1 saturated carbocycles. The summed E-state index contributed by atoms with van der Waals surface area (Å²) in [7, 11) is 2.03. The van der Waals surface area contributed by atoms with Gasteiger partial charge in [0.25, 0.3) is 0 Å². The maximum absolute atomic E-state index is 11.0. The molecule has 0 radical (unpaired) electrons. The summed E-state index contributed by atoms with van der Waals surface area (Å²) in [6.07, 6.45) is 5.17. The van der Waals surface area contributed by atoms with Gasteiger partial charge in [-0.1, -0.05) is 12.1 Å². The Morgan fingerprint density at radius 1 is 1.33 bits per heavy atom. The normalized spacial score (nSPS) is 17.9. The van der Waals surface area contributed by atoms with Crippen molar-refractivity contribution >= 4 is 17.2 Å². The van der Waals surface area contributed by atoms with Crippen LogP contribution in [0.2, 0.25) is 0 Å². The molecule has 0 aliphatic heterocycles. The summed E-state index contributed by atoms with van der Waals surface area (Å²) in [4.78, 5) is 11.0. The van der Waals surface area contributed by atoms with E-state index in [1.54, 1.807) is 0 Å². The molecular formula is C13H13NO. The first-order chi connectivity index (χ1) is 7.25. The molecule has 3 rings (SSSR count). The van der Waals surface area contributed by atoms with Crippen molar-refractivity contribution in [2.75, 3.05) is 0 Å². The van der Waals surface area contributed by atoms with Crippen LogP contribution in [0.5, 0.6) is 0 Å². The van der Waals surface area contributed by atoms with E-state index in [1.165, 1.54) is 16.5 Å². The average Bonchev–Trinajstić information content (AvgIpc) is 2.99. The predicted octanol–water partition coefficient (Wildman–Crippen LogP) is 2.41. The Kier molecular flexibility index (Phi) is 1.58. The van der Waals surface area contributed by atoms with Gasteiger partial charge in [-0.3, -0.25) is 0 Å². The van der Waals surface area contributed by atoms with Crippen molar-refractivity contribution in [2.45, 2.75) is 18.3 Å². The van der Waals surface area contributed by atoms with E-state index in [0.717, 1.165) is 19.1 Å². The Bertz CT molecular complexity index is 534.